The van der Waals surface area contributed by atoms with Crippen LogP contribution in [0.25, 0.3) is 0 Å². The van der Waals surface area contributed by atoms with Crippen molar-refractivity contribution in [1.82, 2.24) is 5.32 Å². The number of carbonyl (C=O) groups is 1. The monoisotopic (exact) mass is 309 g/mol. The molecule has 0 heterocycles. The van der Waals surface area contributed by atoms with E-state index >= 15 is 0 Å². The number of nitro groups is 1. The molecular weight excluding hydrogens is 290 g/mol. The summed E-state index contributed by atoms with van der Waals surface area (Å²) >= 11 is 1.74. The highest BCUT2D eigenvalue weighted by molar-refractivity contribution is 8.00. The van der Waals surface area contributed by atoms with E-state index in [1.165, 1.54) is 12.1 Å². The van der Waals surface area contributed by atoms with Gasteiger partial charge in [-0.15, -0.1) is 0 Å². The number of carbonyl (C=O) groups excluding carboxylic acids is 1. The first-order chi connectivity index (χ1) is 10.0. The highest BCUT2D eigenvalue weighted by atomic mass is 32.2. The number of hydrogen-bond donors (Lipinski definition) is 2. The lowest BCUT2D eigenvalue weighted by molar-refractivity contribution is -0.385. The number of hydrogen-bond acceptors (Lipinski definition) is 5. The minimum Gasteiger partial charge on any atom is -0.385 e. The summed E-state index contributed by atoms with van der Waals surface area (Å²) in [5.41, 5.74) is 0.651. The van der Waals surface area contributed by atoms with Crippen molar-refractivity contribution < 1.29 is 9.72 Å². The Morgan fingerprint density at radius 1 is 1.48 bits per heavy atom. The third-order valence-corrected chi connectivity index (χ3v) is 5.05. The van der Waals surface area contributed by atoms with Gasteiger partial charge < -0.3 is 10.6 Å². The van der Waals surface area contributed by atoms with Gasteiger partial charge in [0.1, 0.15) is 5.56 Å². The molecule has 1 aliphatic carbocycles. The van der Waals surface area contributed by atoms with Gasteiger partial charge in [-0.3, -0.25) is 14.9 Å². The maximum Gasteiger partial charge on any atom is 0.282 e. The van der Waals surface area contributed by atoms with Crippen LogP contribution in [0.3, 0.4) is 0 Å². The summed E-state index contributed by atoms with van der Waals surface area (Å²) in [5.74, 6) is -0.387. The average molecular weight is 309 g/mol. The Morgan fingerprint density at radius 3 is 2.71 bits per heavy atom. The van der Waals surface area contributed by atoms with Gasteiger partial charge in [-0.2, -0.15) is 11.8 Å². The Hall–Kier alpha value is -1.76. The summed E-state index contributed by atoms with van der Waals surface area (Å²) in [6.07, 6.45) is 4.18. The SMILES string of the molecule is CCNc1ccc([N+](=O)[O-])c(C(=O)NCC2(SC)CC2)c1. The second-order valence-corrected chi connectivity index (χ2v) is 6.36. The van der Waals surface area contributed by atoms with E-state index in [9.17, 15) is 14.9 Å². The summed E-state index contributed by atoms with van der Waals surface area (Å²) < 4.78 is 0.129. The lowest BCUT2D eigenvalue weighted by Crippen LogP contribution is -2.32. The smallest absolute Gasteiger partial charge is 0.282 e. The Kier molecular flexibility index (Phi) is 4.72. The molecule has 1 amide bonds. The molecule has 114 valence electrons. The standard InChI is InChI=1S/C14H19N3O3S/c1-3-15-10-4-5-12(17(19)20)11(8-10)13(18)16-9-14(21-2)6-7-14/h4-5,8,15H,3,6-7,9H2,1-2H3,(H,16,18). The van der Waals surface area contributed by atoms with Crippen LogP contribution in [0, 0.1) is 10.1 Å². The van der Waals surface area contributed by atoms with Crippen molar-refractivity contribution in [3.63, 3.8) is 0 Å². The number of anilines is 1. The topological polar surface area (TPSA) is 84.3 Å². The molecule has 1 aromatic rings. The number of nitro benzene ring substituents is 1. The average Bonchev–Trinajstić information content (AvgIpc) is 3.25. The maximum atomic E-state index is 12.3. The molecule has 7 heteroatoms. The van der Waals surface area contributed by atoms with Gasteiger partial charge in [-0.25, -0.2) is 0 Å². The van der Waals surface area contributed by atoms with Crippen LogP contribution in [0.4, 0.5) is 11.4 Å². The molecule has 1 aromatic carbocycles. The molecule has 0 saturated heterocycles. The van der Waals surface area contributed by atoms with Crippen molar-refractivity contribution in [1.29, 1.82) is 0 Å². The molecule has 21 heavy (non-hydrogen) atoms. The van der Waals surface area contributed by atoms with Gasteiger partial charge in [-0.05, 0) is 38.2 Å². The first kappa shape index (κ1) is 15.6. The minimum absolute atomic E-state index is 0.107. The molecule has 0 bridgehead atoms. The first-order valence-electron chi connectivity index (χ1n) is 6.87. The quantitative estimate of drug-likeness (QED) is 0.597. The van der Waals surface area contributed by atoms with Crippen LogP contribution in [0.1, 0.15) is 30.1 Å². The second-order valence-electron chi connectivity index (χ2n) is 5.09. The molecule has 2 rings (SSSR count). The van der Waals surface area contributed by atoms with Gasteiger partial charge in [-0.1, -0.05) is 0 Å². The summed E-state index contributed by atoms with van der Waals surface area (Å²) in [4.78, 5) is 22.8. The fraction of sp³-hybridized carbons (Fsp3) is 0.500. The molecule has 6 nitrogen and oxygen atoms in total. The number of thioether (sulfide) groups is 1. The van der Waals surface area contributed by atoms with Crippen molar-refractivity contribution >= 4 is 29.0 Å². The summed E-state index contributed by atoms with van der Waals surface area (Å²) in [7, 11) is 0. The molecular formula is C14H19N3O3S. The van der Waals surface area contributed by atoms with Crippen molar-refractivity contribution in [2.45, 2.75) is 24.5 Å². The van der Waals surface area contributed by atoms with Crippen molar-refractivity contribution in [3.8, 4) is 0 Å². The lowest BCUT2D eigenvalue weighted by atomic mass is 10.1. The van der Waals surface area contributed by atoms with E-state index in [1.807, 2.05) is 13.2 Å². The predicted molar refractivity (Wildman–Crippen MR) is 85.1 cm³/mol. The molecule has 1 saturated carbocycles. The molecule has 2 N–H and O–H groups in total. The molecule has 0 unspecified atom stereocenters. The van der Waals surface area contributed by atoms with Crippen LogP contribution in [0.15, 0.2) is 18.2 Å². The highest BCUT2D eigenvalue weighted by Gasteiger charge is 2.42. The van der Waals surface area contributed by atoms with E-state index in [0.29, 0.717) is 18.8 Å². The zero-order valence-electron chi connectivity index (χ0n) is 12.1. The Labute approximate surface area is 127 Å². The van der Waals surface area contributed by atoms with Crippen molar-refractivity contribution in [2.75, 3.05) is 24.7 Å². The molecule has 0 aliphatic heterocycles. The molecule has 0 atom stereocenters. The van der Waals surface area contributed by atoms with E-state index in [2.05, 4.69) is 10.6 Å². The van der Waals surface area contributed by atoms with E-state index in [0.717, 1.165) is 12.8 Å². The summed E-state index contributed by atoms with van der Waals surface area (Å²) in [6, 6.07) is 4.52. The Morgan fingerprint density at radius 2 is 2.19 bits per heavy atom. The van der Waals surface area contributed by atoms with Crippen molar-refractivity contribution in [3.05, 3.63) is 33.9 Å². The van der Waals surface area contributed by atoms with Crippen LogP contribution in [0.2, 0.25) is 0 Å². The van der Waals surface area contributed by atoms with Gasteiger partial charge in [0.25, 0.3) is 11.6 Å². The van der Waals surface area contributed by atoms with Gasteiger partial charge >= 0.3 is 0 Å². The maximum absolute atomic E-state index is 12.3. The number of nitrogens with one attached hydrogen (secondary N) is 2. The third-order valence-electron chi connectivity index (χ3n) is 3.63. The number of nitrogens with zero attached hydrogens (tertiary/aromatic N) is 1. The second kappa shape index (κ2) is 6.34. The molecule has 0 radical (unpaired) electrons. The van der Waals surface area contributed by atoms with Gasteiger partial charge in [0.05, 0.1) is 4.92 Å². The Bertz CT molecular complexity index is 558. The fourth-order valence-corrected chi connectivity index (χ4v) is 2.85. The summed E-state index contributed by atoms with van der Waals surface area (Å²) in [5, 5.41) is 16.9. The zero-order valence-corrected chi connectivity index (χ0v) is 13.0. The number of benzene rings is 1. The fourth-order valence-electron chi connectivity index (χ4n) is 2.12. The lowest BCUT2D eigenvalue weighted by Gasteiger charge is -2.13. The largest absolute Gasteiger partial charge is 0.385 e. The van der Waals surface area contributed by atoms with E-state index < -0.39 is 4.92 Å². The van der Waals surface area contributed by atoms with Gasteiger partial charge in [0.2, 0.25) is 0 Å². The third kappa shape index (κ3) is 3.66. The van der Waals surface area contributed by atoms with Crippen LogP contribution in [0.5, 0.6) is 0 Å². The zero-order chi connectivity index (χ0) is 15.5. The molecule has 1 aliphatic rings. The molecule has 0 spiro atoms. The highest BCUT2D eigenvalue weighted by Crippen LogP contribution is 2.46. The first-order valence-corrected chi connectivity index (χ1v) is 8.09. The van der Waals surface area contributed by atoms with E-state index in [-0.39, 0.29) is 21.9 Å². The van der Waals surface area contributed by atoms with Crippen LogP contribution in [-0.4, -0.2) is 34.9 Å². The van der Waals surface area contributed by atoms with E-state index in [4.69, 9.17) is 0 Å². The number of amides is 1. The molecule has 1 fully saturated rings. The normalized spacial score (nSPS) is 15.3. The minimum atomic E-state index is -0.522. The number of rotatable bonds is 7. The summed E-state index contributed by atoms with van der Waals surface area (Å²) in [6.45, 7) is 3.17. The van der Waals surface area contributed by atoms with Crippen molar-refractivity contribution in [2.24, 2.45) is 0 Å². The van der Waals surface area contributed by atoms with Gasteiger partial charge in [0, 0.05) is 29.6 Å². The van der Waals surface area contributed by atoms with Crippen LogP contribution >= 0.6 is 11.8 Å². The predicted octanol–water partition coefficient (Wildman–Crippen LogP) is 2.65. The molecule has 0 aromatic heterocycles. The Balaban J connectivity index is 2.16. The van der Waals surface area contributed by atoms with Crippen LogP contribution < -0.4 is 10.6 Å². The van der Waals surface area contributed by atoms with Gasteiger partial charge in [0.15, 0.2) is 0 Å². The van der Waals surface area contributed by atoms with E-state index in [1.54, 1.807) is 17.8 Å². The van der Waals surface area contributed by atoms with Crippen LogP contribution in [-0.2, 0) is 0 Å².